The predicted octanol–water partition coefficient (Wildman–Crippen LogP) is 0.637. The van der Waals surface area contributed by atoms with Crippen molar-refractivity contribution in [3.05, 3.63) is 22.5 Å². The summed E-state index contributed by atoms with van der Waals surface area (Å²) in [6.07, 6.45) is 0. The topological polar surface area (TPSA) is 78.9 Å². The molecular weight excluding hydrogens is 226 g/mol. The molecule has 0 atom stereocenters. The first-order chi connectivity index (χ1) is 7.76. The molecule has 7 heteroatoms. The molecule has 2 aromatic rings. The van der Waals surface area contributed by atoms with Gasteiger partial charge in [-0.05, 0) is 6.92 Å². The lowest BCUT2D eigenvalue weighted by molar-refractivity contribution is 0.178. The summed E-state index contributed by atoms with van der Waals surface area (Å²) in [5, 5.41) is 10.8. The fourth-order valence-corrected chi connectivity index (χ4v) is 2.14. The Bertz CT molecular complexity index is 478. The van der Waals surface area contributed by atoms with Crippen molar-refractivity contribution < 1.29 is 4.74 Å². The molecule has 0 spiro atoms. The number of rotatable bonds is 4. The van der Waals surface area contributed by atoms with E-state index in [9.17, 15) is 0 Å². The summed E-state index contributed by atoms with van der Waals surface area (Å²) < 4.78 is 6.80. The maximum Gasteiger partial charge on any atom is 0.212 e. The Labute approximate surface area is 97.1 Å². The molecule has 0 aliphatic heterocycles. The van der Waals surface area contributed by atoms with Gasteiger partial charge in [-0.3, -0.25) is 0 Å². The maximum atomic E-state index is 5.59. The first-order valence-corrected chi connectivity index (χ1v) is 5.69. The SMILES string of the molecule is COCc1c(CN)nnn1-c1nc(C)cs1. The Hall–Kier alpha value is -1.31. The van der Waals surface area contributed by atoms with Crippen molar-refractivity contribution in [3.8, 4) is 5.13 Å². The van der Waals surface area contributed by atoms with E-state index < -0.39 is 0 Å². The van der Waals surface area contributed by atoms with Crippen LogP contribution in [0.1, 0.15) is 17.1 Å². The third-order valence-electron chi connectivity index (χ3n) is 2.11. The minimum Gasteiger partial charge on any atom is -0.378 e. The molecule has 6 nitrogen and oxygen atoms in total. The highest BCUT2D eigenvalue weighted by atomic mass is 32.1. The van der Waals surface area contributed by atoms with Gasteiger partial charge in [0.2, 0.25) is 5.13 Å². The van der Waals surface area contributed by atoms with E-state index in [0.29, 0.717) is 13.2 Å². The zero-order chi connectivity index (χ0) is 11.5. The van der Waals surface area contributed by atoms with Crippen molar-refractivity contribution in [2.75, 3.05) is 7.11 Å². The molecule has 0 saturated carbocycles. The Morgan fingerprint density at radius 2 is 2.38 bits per heavy atom. The van der Waals surface area contributed by atoms with Gasteiger partial charge in [-0.2, -0.15) is 4.68 Å². The largest absolute Gasteiger partial charge is 0.378 e. The van der Waals surface area contributed by atoms with Crippen LogP contribution in [-0.2, 0) is 17.9 Å². The zero-order valence-corrected chi connectivity index (χ0v) is 9.99. The van der Waals surface area contributed by atoms with Gasteiger partial charge in [-0.15, -0.1) is 16.4 Å². The molecule has 0 bridgehead atoms. The molecule has 0 amide bonds. The van der Waals surface area contributed by atoms with Crippen LogP contribution in [0.5, 0.6) is 0 Å². The number of hydrogen-bond donors (Lipinski definition) is 1. The summed E-state index contributed by atoms with van der Waals surface area (Å²) >= 11 is 1.52. The molecule has 0 radical (unpaired) electrons. The van der Waals surface area contributed by atoms with Crippen LogP contribution in [0.4, 0.5) is 0 Å². The van der Waals surface area contributed by atoms with Gasteiger partial charge in [0, 0.05) is 19.0 Å². The molecule has 0 fully saturated rings. The highest BCUT2D eigenvalue weighted by molar-refractivity contribution is 7.12. The number of ether oxygens (including phenoxy) is 1. The summed E-state index contributed by atoms with van der Waals surface area (Å²) in [5.41, 5.74) is 8.16. The average molecular weight is 239 g/mol. The molecule has 0 saturated heterocycles. The van der Waals surface area contributed by atoms with Gasteiger partial charge in [-0.1, -0.05) is 5.21 Å². The molecule has 2 aromatic heterocycles. The van der Waals surface area contributed by atoms with Gasteiger partial charge in [-0.25, -0.2) is 4.98 Å². The molecule has 0 aromatic carbocycles. The van der Waals surface area contributed by atoms with Gasteiger partial charge < -0.3 is 10.5 Å². The predicted molar refractivity (Wildman–Crippen MR) is 60.4 cm³/mol. The summed E-state index contributed by atoms with van der Waals surface area (Å²) in [6, 6.07) is 0. The summed E-state index contributed by atoms with van der Waals surface area (Å²) in [5.74, 6) is 0. The number of nitrogens with zero attached hydrogens (tertiary/aromatic N) is 4. The second-order valence-corrected chi connectivity index (χ2v) is 4.14. The molecule has 16 heavy (non-hydrogen) atoms. The van der Waals surface area contributed by atoms with Crippen LogP contribution in [0.25, 0.3) is 5.13 Å². The number of thiazole rings is 1. The number of aryl methyl sites for hydroxylation is 1. The van der Waals surface area contributed by atoms with Gasteiger partial charge >= 0.3 is 0 Å². The van der Waals surface area contributed by atoms with E-state index in [1.807, 2.05) is 12.3 Å². The smallest absolute Gasteiger partial charge is 0.212 e. The fraction of sp³-hybridized carbons (Fsp3) is 0.444. The first kappa shape index (κ1) is 11.2. The van der Waals surface area contributed by atoms with Crippen molar-refractivity contribution in [2.45, 2.75) is 20.1 Å². The van der Waals surface area contributed by atoms with Gasteiger partial charge in [0.05, 0.1) is 18.0 Å². The lowest BCUT2D eigenvalue weighted by Gasteiger charge is -2.02. The molecule has 2 N–H and O–H groups in total. The molecule has 0 aliphatic rings. The number of nitrogens with two attached hydrogens (primary N) is 1. The lowest BCUT2D eigenvalue weighted by atomic mass is 10.3. The van der Waals surface area contributed by atoms with Crippen LogP contribution in [0.3, 0.4) is 0 Å². The van der Waals surface area contributed by atoms with E-state index in [-0.39, 0.29) is 0 Å². The zero-order valence-electron chi connectivity index (χ0n) is 9.17. The van der Waals surface area contributed by atoms with E-state index in [1.54, 1.807) is 11.8 Å². The van der Waals surface area contributed by atoms with Crippen molar-refractivity contribution >= 4 is 11.3 Å². The molecule has 2 rings (SSSR count). The lowest BCUT2D eigenvalue weighted by Crippen LogP contribution is -2.07. The van der Waals surface area contributed by atoms with Crippen molar-refractivity contribution in [1.82, 2.24) is 20.0 Å². The highest BCUT2D eigenvalue weighted by Gasteiger charge is 2.14. The van der Waals surface area contributed by atoms with Crippen LogP contribution in [0, 0.1) is 6.92 Å². The second-order valence-electron chi connectivity index (χ2n) is 3.30. The van der Waals surface area contributed by atoms with E-state index in [1.165, 1.54) is 11.3 Å². The number of hydrogen-bond acceptors (Lipinski definition) is 6. The van der Waals surface area contributed by atoms with Crippen LogP contribution in [-0.4, -0.2) is 27.1 Å². The van der Waals surface area contributed by atoms with Gasteiger partial charge in [0.25, 0.3) is 0 Å². The Morgan fingerprint density at radius 1 is 1.56 bits per heavy atom. The highest BCUT2D eigenvalue weighted by Crippen LogP contribution is 2.17. The molecule has 0 unspecified atom stereocenters. The van der Waals surface area contributed by atoms with E-state index >= 15 is 0 Å². The quantitative estimate of drug-likeness (QED) is 0.847. The first-order valence-electron chi connectivity index (χ1n) is 4.81. The van der Waals surface area contributed by atoms with E-state index in [0.717, 1.165) is 22.2 Å². The minimum absolute atomic E-state index is 0.350. The number of methoxy groups -OCH3 is 1. The maximum absolute atomic E-state index is 5.59. The van der Waals surface area contributed by atoms with Crippen LogP contribution in [0.2, 0.25) is 0 Å². The third kappa shape index (κ3) is 1.97. The summed E-state index contributed by atoms with van der Waals surface area (Å²) in [7, 11) is 1.63. The average Bonchev–Trinajstić information content (AvgIpc) is 2.85. The van der Waals surface area contributed by atoms with Crippen LogP contribution < -0.4 is 5.73 Å². The Morgan fingerprint density at radius 3 is 2.94 bits per heavy atom. The molecule has 0 aliphatic carbocycles. The fourth-order valence-electron chi connectivity index (χ4n) is 1.36. The van der Waals surface area contributed by atoms with Gasteiger partial charge in [0.1, 0.15) is 5.69 Å². The molecule has 2 heterocycles. The molecule has 86 valence electrons. The van der Waals surface area contributed by atoms with Crippen molar-refractivity contribution in [3.63, 3.8) is 0 Å². The Balaban J connectivity index is 2.43. The summed E-state index contributed by atoms with van der Waals surface area (Å²) in [6.45, 7) is 2.72. The third-order valence-corrected chi connectivity index (χ3v) is 3.04. The van der Waals surface area contributed by atoms with Crippen molar-refractivity contribution in [2.24, 2.45) is 5.73 Å². The van der Waals surface area contributed by atoms with Crippen LogP contribution in [0.15, 0.2) is 5.38 Å². The Kier molecular flexibility index (Phi) is 3.28. The van der Waals surface area contributed by atoms with Gasteiger partial charge in [0.15, 0.2) is 0 Å². The normalized spacial score (nSPS) is 10.9. The summed E-state index contributed by atoms with van der Waals surface area (Å²) in [4.78, 5) is 4.35. The van der Waals surface area contributed by atoms with Crippen LogP contribution >= 0.6 is 11.3 Å². The van der Waals surface area contributed by atoms with Crippen molar-refractivity contribution in [1.29, 1.82) is 0 Å². The molecular formula is C9H13N5OS. The number of aromatic nitrogens is 4. The monoisotopic (exact) mass is 239 g/mol. The van der Waals surface area contributed by atoms with E-state index in [2.05, 4.69) is 15.3 Å². The second kappa shape index (κ2) is 4.69. The minimum atomic E-state index is 0.350. The standard InChI is InChI=1S/C9H13N5OS/c1-6-5-16-9(11-6)14-8(4-15-2)7(3-10)12-13-14/h5H,3-4,10H2,1-2H3. The van der Waals surface area contributed by atoms with E-state index in [4.69, 9.17) is 10.5 Å².